The van der Waals surface area contributed by atoms with Gasteiger partial charge in [-0.2, -0.15) is 0 Å². The molecule has 0 spiro atoms. The van der Waals surface area contributed by atoms with E-state index in [1.165, 1.54) is 0 Å². The Bertz CT molecular complexity index is 962. The van der Waals surface area contributed by atoms with Gasteiger partial charge in [-0.15, -0.1) is 11.8 Å². The van der Waals surface area contributed by atoms with E-state index in [9.17, 15) is 14.4 Å². The first-order valence-corrected chi connectivity index (χ1v) is 15.8. The van der Waals surface area contributed by atoms with E-state index in [1.807, 2.05) is 41.5 Å². The minimum Gasteiger partial charge on any atom is -0.458 e. The van der Waals surface area contributed by atoms with E-state index in [1.54, 1.807) is 21.0 Å². The zero-order valence-electron chi connectivity index (χ0n) is 27.9. The van der Waals surface area contributed by atoms with Crippen LogP contribution in [0.1, 0.15) is 114 Å². The average Bonchev–Trinajstić information content (AvgIpc) is 2.90. The van der Waals surface area contributed by atoms with Crippen LogP contribution in [0.15, 0.2) is 0 Å². The van der Waals surface area contributed by atoms with Gasteiger partial charge >= 0.3 is 11.9 Å². The Kier molecular flexibility index (Phi) is 13.5. The predicted molar refractivity (Wildman–Crippen MR) is 161 cm³/mol. The fourth-order valence-electron chi connectivity index (χ4n) is 6.76. The molecule has 0 saturated carbocycles. The molecule has 2 fully saturated rings. The third-order valence-corrected chi connectivity index (χ3v) is 9.05. The molecule has 0 N–H and O–H groups in total. The van der Waals surface area contributed by atoms with Crippen molar-refractivity contribution in [1.29, 1.82) is 0 Å². The van der Waals surface area contributed by atoms with Crippen molar-refractivity contribution in [3.8, 4) is 11.8 Å². The first-order chi connectivity index (χ1) is 19.6. The van der Waals surface area contributed by atoms with Crippen LogP contribution in [0.5, 0.6) is 0 Å². The summed E-state index contributed by atoms with van der Waals surface area (Å²) in [6.45, 7) is 19.4. The van der Waals surface area contributed by atoms with Crippen LogP contribution in [0.4, 0.5) is 0 Å². The SMILES string of the molecule is CC#CC[C@@](C[C@@H](C)C(=O)C(C)C)(C[C@@H](C)[C@H](O[C@H]1C[C@H](C)CC(C)O1)[C@@H](C)C(=O)O[C@H](CC)[C@]1(C)CC(=O)O1)OC. The number of rotatable bonds is 16. The lowest BCUT2D eigenvalue weighted by Gasteiger charge is -2.43. The number of methoxy groups -OCH3 is 1. The quantitative estimate of drug-likeness (QED) is 0.153. The minimum atomic E-state index is -0.816. The highest BCUT2D eigenvalue weighted by Crippen LogP contribution is 2.39. The molecular weight excluding hydrogens is 536 g/mol. The largest absolute Gasteiger partial charge is 0.458 e. The molecule has 10 atom stereocenters. The molecule has 0 aliphatic carbocycles. The van der Waals surface area contributed by atoms with Crippen molar-refractivity contribution in [3.63, 3.8) is 0 Å². The van der Waals surface area contributed by atoms with Gasteiger partial charge < -0.3 is 23.7 Å². The molecule has 2 heterocycles. The van der Waals surface area contributed by atoms with E-state index in [0.29, 0.717) is 31.6 Å². The van der Waals surface area contributed by atoms with E-state index in [-0.39, 0.29) is 42.0 Å². The van der Waals surface area contributed by atoms with Crippen LogP contribution in [0.25, 0.3) is 0 Å². The Labute approximate surface area is 254 Å². The monoisotopic (exact) mass is 592 g/mol. The van der Waals surface area contributed by atoms with Crippen LogP contribution in [-0.2, 0) is 38.1 Å². The first-order valence-electron chi connectivity index (χ1n) is 15.8. The second-order valence-corrected chi connectivity index (χ2v) is 13.5. The summed E-state index contributed by atoms with van der Waals surface area (Å²) in [5.74, 6) is 5.00. The van der Waals surface area contributed by atoms with Crippen molar-refractivity contribution in [2.45, 2.75) is 150 Å². The lowest BCUT2D eigenvalue weighted by molar-refractivity contribution is -0.243. The van der Waals surface area contributed by atoms with Crippen LogP contribution in [0, 0.1) is 41.4 Å². The number of hydrogen-bond acceptors (Lipinski definition) is 8. The Hall–Kier alpha value is -1.95. The van der Waals surface area contributed by atoms with E-state index < -0.39 is 41.6 Å². The molecule has 0 amide bonds. The molecule has 2 saturated heterocycles. The molecular formula is C34H56O8. The fraction of sp³-hybridized carbons (Fsp3) is 0.853. The molecule has 42 heavy (non-hydrogen) atoms. The minimum absolute atomic E-state index is 0.0514. The van der Waals surface area contributed by atoms with Crippen molar-refractivity contribution >= 4 is 17.7 Å². The van der Waals surface area contributed by atoms with Crippen molar-refractivity contribution in [2.24, 2.45) is 29.6 Å². The fourth-order valence-corrected chi connectivity index (χ4v) is 6.76. The average molecular weight is 593 g/mol. The molecule has 0 aromatic rings. The van der Waals surface area contributed by atoms with Crippen LogP contribution < -0.4 is 0 Å². The van der Waals surface area contributed by atoms with E-state index in [2.05, 4.69) is 25.7 Å². The second-order valence-electron chi connectivity index (χ2n) is 13.5. The number of cyclic esters (lactones) is 1. The van der Waals surface area contributed by atoms with Gasteiger partial charge in [-0.25, -0.2) is 0 Å². The molecule has 2 rings (SSSR count). The Morgan fingerprint density at radius 2 is 1.76 bits per heavy atom. The predicted octanol–water partition coefficient (Wildman–Crippen LogP) is 6.27. The van der Waals surface area contributed by atoms with E-state index in [4.69, 9.17) is 23.7 Å². The maximum Gasteiger partial charge on any atom is 0.311 e. The molecule has 2 aliphatic rings. The lowest BCUT2D eigenvalue weighted by atomic mass is 9.76. The molecule has 0 bridgehead atoms. The number of esters is 2. The molecule has 8 nitrogen and oxygen atoms in total. The van der Waals surface area contributed by atoms with Crippen LogP contribution in [-0.4, -0.2) is 60.6 Å². The first kappa shape index (κ1) is 36.2. The van der Waals surface area contributed by atoms with Crippen LogP contribution in [0.2, 0.25) is 0 Å². The highest BCUT2D eigenvalue weighted by Gasteiger charge is 2.50. The van der Waals surface area contributed by atoms with Crippen molar-refractivity contribution < 1.29 is 38.1 Å². The maximum atomic E-state index is 13.7. The summed E-state index contributed by atoms with van der Waals surface area (Å²) in [4.78, 5) is 38.1. The van der Waals surface area contributed by atoms with Gasteiger partial charge in [0.25, 0.3) is 0 Å². The molecule has 2 aliphatic heterocycles. The number of hydrogen-bond donors (Lipinski definition) is 0. The number of carbonyl (C=O) groups excluding carboxylic acids is 3. The van der Waals surface area contributed by atoms with Gasteiger partial charge in [-0.3, -0.25) is 14.4 Å². The molecule has 8 heteroatoms. The van der Waals surface area contributed by atoms with Crippen molar-refractivity contribution in [2.75, 3.05) is 7.11 Å². The molecule has 0 aromatic carbocycles. The molecule has 240 valence electrons. The number of Topliss-reactive ketones (excluding diaryl/α,β-unsaturated/α-hetero) is 1. The van der Waals surface area contributed by atoms with Gasteiger partial charge in [0.05, 0.1) is 30.1 Å². The standard InChI is InChI=1S/C34H56O8/c1-12-14-15-34(38-11,18-23(6)30(36)21(3)4)19-24(7)31(41-29-17-22(5)16-25(8)39-29)26(9)32(37)40-27(13-2)33(10)20-28(35)42-33/h21-27,29,31H,13,15-20H2,1-11H3/t22-,23-,24-,25?,26-,27-,29+,31+,33+,34-/m1/s1. The lowest BCUT2D eigenvalue weighted by Crippen LogP contribution is -2.55. The normalized spacial score (nSPS) is 29.0. The second kappa shape index (κ2) is 15.7. The Balaban J connectivity index is 2.36. The smallest absolute Gasteiger partial charge is 0.311 e. The van der Waals surface area contributed by atoms with Gasteiger partial charge in [-0.1, -0.05) is 41.5 Å². The van der Waals surface area contributed by atoms with Crippen LogP contribution >= 0.6 is 0 Å². The molecule has 0 aromatic heterocycles. The summed E-state index contributed by atoms with van der Waals surface area (Å²) >= 11 is 0. The number of ether oxygens (including phenoxy) is 5. The summed E-state index contributed by atoms with van der Waals surface area (Å²) < 4.78 is 30.4. The summed E-state index contributed by atoms with van der Waals surface area (Å²) in [7, 11) is 1.67. The zero-order valence-corrected chi connectivity index (χ0v) is 27.9. The highest BCUT2D eigenvalue weighted by atomic mass is 16.7. The van der Waals surface area contributed by atoms with Gasteiger partial charge in [0, 0.05) is 31.8 Å². The summed E-state index contributed by atoms with van der Waals surface area (Å²) in [5.41, 5.74) is -1.52. The van der Waals surface area contributed by atoms with Gasteiger partial charge in [0.2, 0.25) is 0 Å². The topological polar surface area (TPSA) is 97.4 Å². The van der Waals surface area contributed by atoms with Gasteiger partial charge in [0.1, 0.15) is 11.9 Å². The van der Waals surface area contributed by atoms with Gasteiger partial charge in [0.15, 0.2) is 11.9 Å². The van der Waals surface area contributed by atoms with E-state index >= 15 is 0 Å². The number of carbonyl (C=O) groups is 3. The highest BCUT2D eigenvalue weighted by molar-refractivity contribution is 5.82. The molecule has 1 unspecified atom stereocenters. The van der Waals surface area contributed by atoms with Crippen molar-refractivity contribution in [3.05, 3.63) is 0 Å². The summed E-state index contributed by atoms with van der Waals surface area (Å²) in [5, 5.41) is 0. The Morgan fingerprint density at radius 3 is 2.26 bits per heavy atom. The number of ketones is 1. The third kappa shape index (κ3) is 9.53. The third-order valence-electron chi connectivity index (χ3n) is 9.05. The maximum absolute atomic E-state index is 13.7. The zero-order chi connectivity index (χ0) is 31.8. The van der Waals surface area contributed by atoms with Gasteiger partial charge in [-0.05, 0) is 65.2 Å². The molecule has 0 radical (unpaired) electrons. The van der Waals surface area contributed by atoms with Crippen molar-refractivity contribution in [1.82, 2.24) is 0 Å². The summed E-state index contributed by atoms with van der Waals surface area (Å²) in [6, 6.07) is 0. The van der Waals surface area contributed by atoms with Crippen LogP contribution in [0.3, 0.4) is 0 Å². The summed E-state index contributed by atoms with van der Waals surface area (Å²) in [6.07, 6.45) is 2.44. The van der Waals surface area contributed by atoms with E-state index in [0.717, 1.165) is 12.8 Å². The Morgan fingerprint density at radius 1 is 1.12 bits per heavy atom.